The van der Waals surface area contributed by atoms with Gasteiger partial charge in [-0.15, -0.1) is 0 Å². The zero-order chi connectivity index (χ0) is 21.4. The molecule has 0 amide bonds. The van der Waals surface area contributed by atoms with E-state index in [2.05, 4.69) is 15.1 Å². The molecule has 0 bridgehead atoms. The van der Waals surface area contributed by atoms with Crippen LogP contribution in [0.4, 0.5) is 17.6 Å². The number of hydrogen-bond donors (Lipinski definition) is 0. The lowest BCUT2D eigenvalue weighted by molar-refractivity contribution is -0.137. The largest absolute Gasteiger partial charge is 0.416 e. The highest BCUT2D eigenvalue weighted by Crippen LogP contribution is 2.29. The molecule has 5 nitrogen and oxygen atoms in total. The first-order valence-electron chi connectivity index (χ1n) is 8.39. The summed E-state index contributed by atoms with van der Waals surface area (Å²) in [6, 6.07) is 9.27. The van der Waals surface area contributed by atoms with Crippen molar-refractivity contribution in [3.05, 3.63) is 70.3 Å². The van der Waals surface area contributed by atoms with E-state index >= 15 is 0 Å². The van der Waals surface area contributed by atoms with Crippen LogP contribution in [0, 0.1) is 0 Å². The number of aldehydes is 1. The molecule has 29 heavy (non-hydrogen) atoms. The average molecular weight is 410 g/mol. The maximum atomic E-state index is 13.4. The highest BCUT2D eigenvalue weighted by Gasteiger charge is 2.30. The second-order valence-electron chi connectivity index (χ2n) is 5.88. The van der Waals surface area contributed by atoms with Crippen molar-refractivity contribution < 1.29 is 32.0 Å². The Bertz CT molecular complexity index is 924. The van der Waals surface area contributed by atoms with Gasteiger partial charge in [0.05, 0.1) is 11.3 Å². The van der Waals surface area contributed by atoms with E-state index in [1.54, 1.807) is 12.1 Å². The van der Waals surface area contributed by atoms with Crippen molar-refractivity contribution in [2.75, 3.05) is 7.11 Å². The van der Waals surface area contributed by atoms with Crippen LogP contribution >= 0.6 is 0 Å². The van der Waals surface area contributed by atoms with Crippen LogP contribution in [-0.4, -0.2) is 24.8 Å². The number of rotatable bonds is 8. The molecule has 0 N–H and O–H groups in total. The van der Waals surface area contributed by atoms with Crippen molar-refractivity contribution in [3.8, 4) is 0 Å². The summed E-state index contributed by atoms with van der Waals surface area (Å²) in [4.78, 5) is 21.1. The Morgan fingerprint density at radius 2 is 1.86 bits per heavy atom. The summed E-state index contributed by atoms with van der Waals surface area (Å²) < 4.78 is 51.9. The quantitative estimate of drug-likeness (QED) is 0.275. The normalized spacial score (nSPS) is 12.6. The standard InChI is InChI=1S/C20H18F4N2O3/c1-13(14-5-3-7-16(9-14)20(22,23)24)25-29-12-18-15(10-21)6-4-8-17(18)19(11-27)26-28-2/h3-9,11H,10,12H2,1-2H3/b25-13+,26-19-. The molecule has 0 saturated carbocycles. The van der Waals surface area contributed by atoms with Gasteiger partial charge in [-0.3, -0.25) is 4.79 Å². The van der Waals surface area contributed by atoms with Crippen LogP contribution in [0.15, 0.2) is 52.8 Å². The summed E-state index contributed by atoms with van der Waals surface area (Å²) in [5.41, 5.74) is 0.480. The zero-order valence-corrected chi connectivity index (χ0v) is 15.7. The van der Waals surface area contributed by atoms with Crippen molar-refractivity contribution >= 4 is 17.7 Å². The highest BCUT2D eigenvalue weighted by molar-refractivity contribution is 6.36. The maximum Gasteiger partial charge on any atom is 0.416 e. The van der Waals surface area contributed by atoms with Gasteiger partial charge in [-0.25, -0.2) is 4.39 Å². The monoisotopic (exact) mass is 410 g/mol. The molecule has 0 fully saturated rings. The van der Waals surface area contributed by atoms with E-state index in [1.807, 2.05) is 0 Å². The number of nitrogens with zero attached hydrogens (tertiary/aromatic N) is 2. The summed E-state index contributed by atoms with van der Waals surface area (Å²) in [7, 11) is 1.27. The molecule has 0 aliphatic carbocycles. The van der Waals surface area contributed by atoms with E-state index < -0.39 is 18.4 Å². The minimum atomic E-state index is -4.47. The summed E-state index contributed by atoms with van der Waals surface area (Å²) in [6.45, 7) is 0.449. The van der Waals surface area contributed by atoms with E-state index in [-0.39, 0.29) is 29.2 Å². The molecule has 2 aromatic rings. The van der Waals surface area contributed by atoms with Crippen LogP contribution in [0.25, 0.3) is 0 Å². The summed E-state index contributed by atoms with van der Waals surface area (Å²) >= 11 is 0. The van der Waals surface area contributed by atoms with Crippen LogP contribution in [0.3, 0.4) is 0 Å². The van der Waals surface area contributed by atoms with Crippen molar-refractivity contribution in [1.82, 2.24) is 0 Å². The van der Waals surface area contributed by atoms with Gasteiger partial charge in [-0.1, -0.05) is 40.6 Å². The first-order chi connectivity index (χ1) is 13.8. The Morgan fingerprint density at radius 3 is 2.48 bits per heavy atom. The smallest absolute Gasteiger partial charge is 0.399 e. The number of halogens is 4. The molecule has 0 spiro atoms. The molecule has 2 aromatic carbocycles. The highest BCUT2D eigenvalue weighted by atomic mass is 19.4. The van der Waals surface area contributed by atoms with Crippen LogP contribution in [0.5, 0.6) is 0 Å². The average Bonchev–Trinajstić information content (AvgIpc) is 2.71. The Kier molecular flexibility index (Phi) is 7.46. The van der Waals surface area contributed by atoms with Gasteiger partial charge in [-0.05, 0) is 30.2 Å². The van der Waals surface area contributed by atoms with Gasteiger partial charge >= 0.3 is 6.18 Å². The fraction of sp³-hybridized carbons (Fsp3) is 0.250. The molecule has 154 valence electrons. The lowest BCUT2D eigenvalue weighted by atomic mass is 9.99. The van der Waals surface area contributed by atoms with Gasteiger partial charge in [0.15, 0.2) is 6.29 Å². The minimum Gasteiger partial charge on any atom is -0.399 e. The van der Waals surface area contributed by atoms with Gasteiger partial charge in [0.2, 0.25) is 0 Å². The number of alkyl halides is 4. The van der Waals surface area contributed by atoms with E-state index in [4.69, 9.17) is 4.84 Å². The molecule has 9 heteroatoms. The molecule has 0 unspecified atom stereocenters. The van der Waals surface area contributed by atoms with Gasteiger partial charge in [0.1, 0.15) is 26.1 Å². The molecule has 0 aliphatic heterocycles. The lowest BCUT2D eigenvalue weighted by Gasteiger charge is -2.12. The minimum absolute atomic E-state index is 0.0556. The third-order valence-electron chi connectivity index (χ3n) is 4.01. The molecule has 0 aromatic heterocycles. The Hall–Kier alpha value is -3.23. The lowest BCUT2D eigenvalue weighted by Crippen LogP contribution is -2.10. The number of carbonyl (C=O) groups excluding carboxylic acids is 1. The van der Waals surface area contributed by atoms with Crippen molar-refractivity contribution in [1.29, 1.82) is 0 Å². The second kappa shape index (κ2) is 9.81. The molecule has 0 radical (unpaired) electrons. The number of hydrogen-bond acceptors (Lipinski definition) is 5. The van der Waals surface area contributed by atoms with Crippen LogP contribution in [0.2, 0.25) is 0 Å². The molecule has 0 aliphatic rings. The first-order valence-corrected chi connectivity index (χ1v) is 8.39. The molecule has 0 saturated heterocycles. The van der Waals surface area contributed by atoms with Crippen molar-refractivity contribution in [3.63, 3.8) is 0 Å². The Labute approximate surface area is 164 Å². The molecule has 0 heterocycles. The fourth-order valence-corrected chi connectivity index (χ4v) is 2.57. The number of benzene rings is 2. The van der Waals surface area contributed by atoms with Gasteiger partial charge in [0, 0.05) is 11.1 Å². The van der Waals surface area contributed by atoms with Crippen LogP contribution in [-0.2, 0) is 33.9 Å². The predicted octanol–water partition coefficient (Wildman–Crippen LogP) is 4.67. The predicted molar refractivity (Wildman–Crippen MR) is 99.3 cm³/mol. The van der Waals surface area contributed by atoms with Gasteiger partial charge < -0.3 is 9.68 Å². The summed E-state index contributed by atoms with van der Waals surface area (Å²) in [5.74, 6) is 0. The van der Waals surface area contributed by atoms with E-state index in [0.717, 1.165) is 12.1 Å². The molecular weight excluding hydrogens is 392 g/mol. The Morgan fingerprint density at radius 1 is 1.14 bits per heavy atom. The van der Waals surface area contributed by atoms with E-state index in [9.17, 15) is 22.4 Å². The zero-order valence-electron chi connectivity index (χ0n) is 15.7. The first kappa shape index (κ1) is 22.1. The Balaban J connectivity index is 2.28. The molecular formula is C20H18F4N2O3. The fourth-order valence-electron chi connectivity index (χ4n) is 2.57. The second-order valence-corrected chi connectivity index (χ2v) is 5.88. The third kappa shape index (κ3) is 5.63. The van der Waals surface area contributed by atoms with Crippen molar-refractivity contribution in [2.24, 2.45) is 10.3 Å². The summed E-state index contributed by atoms with van der Waals surface area (Å²) in [5, 5.41) is 7.43. The maximum absolute atomic E-state index is 13.4. The number of oxime groups is 2. The topological polar surface area (TPSA) is 60.2 Å². The van der Waals surface area contributed by atoms with Crippen LogP contribution < -0.4 is 0 Å². The van der Waals surface area contributed by atoms with Gasteiger partial charge in [0.25, 0.3) is 0 Å². The third-order valence-corrected chi connectivity index (χ3v) is 4.01. The van der Waals surface area contributed by atoms with E-state index in [0.29, 0.717) is 17.4 Å². The van der Waals surface area contributed by atoms with Gasteiger partial charge in [-0.2, -0.15) is 13.2 Å². The summed E-state index contributed by atoms with van der Waals surface area (Å²) in [6.07, 6.45) is -4.01. The molecule has 0 atom stereocenters. The molecule has 2 rings (SSSR count). The van der Waals surface area contributed by atoms with Crippen LogP contribution in [0.1, 0.15) is 34.7 Å². The van der Waals surface area contributed by atoms with E-state index in [1.165, 1.54) is 32.2 Å². The SMILES string of the molecule is CO/N=C(/C=O)c1cccc(CF)c1CO/N=C(\C)c1cccc(C(F)(F)F)c1. The van der Waals surface area contributed by atoms with Crippen molar-refractivity contribution in [2.45, 2.75) is 26.4 Å². The number of carbonyl (C=O) groups is 1.